The number of H-pyrrole nitrogens is 2. The van der Waals surface area contributed by atoms with Crippen LogP contribution in [0.4, 0.5) is 0 Å². The number of aromatic nitrogens is 5. The fourth-order valence-corrected chi connectivity index (χ4v) is 2.17. The van der Waals surface area contributed by atoms with E-state index in [0.29, 0.717) is 18.1 Å². The van der Waals surface area contributed by atoms with Crippen molar-refractivity contribution in [1.29, 1.82) is 0 Å². The van der Waals surface area contributed by atoms with Crippen LogP contribution >= 0.6 is 0 Å². The number of carbonyl (C=O) groups is 1. The van der Waals surface area contributed by atoms with Crippen molar-refractivity contribution < 1.29 is 4.79 Å². The Labute approximate surface area is 121 Å². The van der Waals surface area contributed by atoms with Crippen molar-refractivity contribution in [3.8, 4) is 0 Å². The number of hydrogen-bond acceptors (Lipinski definition) is 4. The van der Waals surface area contributed by atoms with E-state index in [2.05, 4.69) is 30.9 Å². The summed E-state index contributed by atoms with van der Waals surface area (Å²) in [5, 5.41) is 17.6. The minimum absolute atomic E-state index is 0.000627. The summed E-state index contributed by atoms with van der Waals surface area (Å²) in [7, 11) is 0. The molecule has 21 heavy (non-hydrogen) atoms. The Morgan fingerprint density at radius 1 is 1.38 bits per heavy atom. The first kappa shape index (κ1) is 13.3. The Kier molecular flexibility index (Phi) is 3.39. The topological polar surface area (TPSA) is 99.3 Å². The number of benzene rings is 1. The van der Waals surface area contributed by atoms with E-state index in [1.807, 2.05) is 38.1 Å². The summed E-state index contributed by atoms with van der Waals surface area (Å²) in [5.74, 6) is 0.445. The summed E-state index contributed by atoms with van der Waals surface area (Å²) in [6, 6.07) is 7.90. The van der Waals surface area contributed by atoms with Crippen molar-refractivity contribution in [1.82, 2.24) is 30.9 Å². The zero-order valence-electron chi connectivity index (χ0n) is 11.8. The maximum Gasteiger partial charge on any atom is 0.267 e. The van der Waals surface area contributed by atoms with Gasteiger partial charge in [-0.15, -0.1) is 10.2 Å². The maximum atomic E-state index is 12.2. The molecule has 2 heterocycles. The van der Waals surface area contributed by atoms with E-state index in [1.165, 1.54) is 0 Å². The molecule has 0 radical (unpaired) electrons. The first-order chi connectivity index (χ1) is 10.1. The van der Waals surface area contributed by atoms with Gasteiger partial charge in [-0.05, 0) is 24.6 Å². The second-order valence-corrected chi connectivity index (χ2v) is 5.15. The molecule has 0 aliphatic carbocycles. The third kappa shape index (κ3) is 2.76. The van der Waals surface area contributed by atoms with Crippen LogP contribution in [0.1, 0.15) is 34.7 Å². The predicted molar refractivity (Wildman–Crippen MR) is 78.0 cm³/mol. The summed E-state index contributed by atoms with van der Waals surface area (Å²) >= 11 is 0. The van der Waals surface area contributed by atoms with Gasteiger partial charge in [0.05, 0.1) is 0 Å². The fraction of sp³-hybridized carbons (Fsp3) is 0.286. The zero-order valence-corrected chi connectivity index (χ0v) is 11.8. The van der Waals surface area contributed by atoms with Crippen molar-refractivity contribution >= 4 is 16.8 Å². The highest BCUT2D eigenvalue weighted by Gasteiger charge is 2.14. The van der Waals surface area contributed by atoms with Crippen LogP contribution in [0.15, 0.2) is 24.3 Å². The molecule has 3 rings (SSSR count). The van der Waals surface area contributed by atoms with Crippen molar-refractivity contribution in [2.75, 3.05) is 6.54 Å². The van der Waals surface area contributed by atoms with Crippen molar-refractivity contribution in [3.63, 3.8) is 0 Å². The molecular formula is C14H16N6O. The molecule has 7 heteroatoms. The Morgan fingerprint density at radius 2 is 2.24 bits per heavy atom. The lowest BCUT2D eigenvalue weighted by atomic mass is 10.1. The van der Waals surface area contributed by atoms with E-state index in [4.69, 9.17) is 0 Å². The van der Waals surface area contributed by atoms with Gasteiger partial charge >= 0.3 is 0 Å². The lowest BCUT2D eigenvalue weighted by molar-refractivity contribution is 0.0947. The number of fused-ring (bicyclic) bond motifs is 1. The molecule has 3 aromatic rings. The molecule has 108 valence electrons. The van der Waals surface area contributed by atoms with Crippen LogP contribution in [-0.2, 0) is 0 Å². The molecule has 0 spiro atoms. The van der Waals surface area contributed by atoms with E-state index in [9.17, 15) is 4.79 Å². The minimum Gasteiger partial charge on any atom is -0.351 e. The Hall–Kier alpha value is -2.70. The van der Waals surface area contributed by atoms with Gasteiger partial charge in [0.15, 0.2) is 5.82 Å². The number of rotatable bonds is 4. The predicted octanol–water partition coefficient (Wildman–Crippen LogP) is 1.52. The first-order valence-corrected chi connectivity index (χ1v) is 6.74. The van der Waals surface area contributed by atoms with Crippen molar-refractivity contribution in [2.45, 2.75) is 19.8 Å². The van der Waals surface area contributed by atoms with Crippen molar-refractivity contribution in [3.05, 3.63) is 41.3 Å². The molecule has 3 N–H and O–H groups in total. The largest absolute Gasteiger partial charge is 0.351 e. The molecular weight excluding hydrogens is 268 g/mol. The highest BCUT2D eigenvalue weighted by Crippen LogP contribution is 2.17. The molecule has 0 saturated heterocycles. The molecule has 0 bridgehead atoms. The van der Waals surface area contributed by atoms with Crippen LogP contribution < -0.4 is 5.32 Å². The fourth-order valence-electron chi connectivity index (χ4n) is 2.17. The van der Waals surface area contributed by atoms with Crippen LogP contribution in [0.2, 0.25) is 0 Å². The van der Waals surface area contributed by atoms with Crippen LogP contribution in [0.3, 0.4) is 0 Å². The number of hydrogen-bond donors (Lipinski definition) is 3. The number of nitrogens with zero attached hydrogens (tertiary/aromatic N) is 3. The maximum absolute atomic E-state index is 12.2. The molecule has 0 aliphatic heterocycles. The lowest BCUT2D eigenvalue weighted by Crippen LogP contribution is -2.28. The van der Waals surface area contributed by atoms with Crippen LogP contribution in [0.5, 0.6) is 0 Å². The van der Waals surface area contributed by atoms with Gasteiger partial charge < -0.3 is 10.3 Å². The Morgan fingerprint density at radius 3 is 3.00 bits per heavy atom. The van der Waals surface area contributed by atoms with Gasteiger partial charge in [-0.3, -0.25) is 4.79 Å². The van der Waals surface area contributed by atoms with E-state index >= 15 is 0 Å². The van der Waals surface area contributed by atoms with Crippen molar-refractivity contribution in [2.24, 2.45) is 0 Å². The molecule has 0 aliphatic rings. The summed E-state index contributed by atoms with van der Waals surface area (Å²) < 4.78 is 0. The molecule has 2 aromatic heterocycles. The lowest BCUT2D eigenvalue weighted by Gasteiger charge is -2.07. The van der Waals surface area contributed by atoms with Crippen LogP contribution in [0.25, 0.3) is 10.9 Å². The summed E-state index contributed by atoms with van der Waals surface area (Å²) in [6.45, 7) is 4.40. The SMILES string of the molecule is Cc1ccc2cc(C(=O)NC[C@H](C)c3nn[nH]n3)[nH]c2c1. The second kappa shape index (κ2) is 5.35. The summed E-state index contributed by atoms with van der Waals surface area (Å²) in [4.78, 5) is 15.3. The van der Waals surface area contributed by atoms with Crippen LogP contribution in [-0.4, -0.2) is 38.1 Å². The third-order valence-electron chi connectivity index (χ3n) is 3.39. The molecule has 0 unspecified atom stereocenters. The number of carbonyl (C=O) groups excluding carboxylic acids is 1. The quantitative estimate of drug-likeness (QED) is 0.676. The standard InChI is InChI=1S/C14H16N6O/c1-8-3-4-10-6-12(16-11(10)5-8)14(21)15-7-9(2)13-17-19-20-18-13/h3-6,9,16H,7H2,1-2H3,(H,15,21)(H,17,18,19,20)/t9-/m0/s1. The molecule has 1 aromatic carbocycles. The molecule has 1 atom stereocenters. The van der Waals surface area contributed by atoms with Gasteiger partial charge in [0.1, 0.15) is 5.69 Å². The summed E-state index contributed by atoms with van der Waals surface area (Å²) in [5.41, 5.74) is 2.67. The monoisotopic (exact) mass is 284 g/mol. The van der Waals surface area contributed by atoms with Gasteiger partial charge in [0.2, 0.25) is 0 Å². The number of aromatic amines is 2. The number of nitrogens with one attached hydrogen (secondary N) is 3. The average Bonchev–Trinajstić information content (AvgIpc) is 3.12. The molecule has 0 fully saturated rings. The van der Waals surface area contributed by atoms with Gasteiger partial charge in [-0.1, -0.05) is 24.3 Å². The van der Waals surface area contributed by atoms with E-state index in [1.54, 1.807) is 0 Å². The highest BCUT2D eigenvalue weighted by molar-refractivity contribution is 5.98. The Bertz CT molecular complexity index is 761. The molecule has 1 amide bonds. The van der Waals surface area contributed by atoms with E-state index in [-0.39, 0.29) is 11.8 Å². The van der Waals surface area contributed by atoms with Gasteiger partial charge in [0.25, 0.3) is 5.91 Å². The van der Waals surface area contributed by atoms with E-state index in [0.717, 1.165) is 16.5 Å². The average molecular weight is 284 g/mol. The zero-order chi connectivity index (χ0) is 14.8. The van der Waals surface area contributed by atoms with E-state index < -0.39 is 0 Å². The summed E-state index contributed by atoms with van der Waals surface area (Å²) in [6.07, 6.45) is 0. The number of amides is 1. The van der Waals surface area contributed by atoms with Gasteiger partial charge in [0, 0.05) is 23.4 Å². The smallest absolute Gasteiger partial charge is 0.267 e. The Balaban J connectivity index is 1.69. The molecule has 7 nitrogen and oxygen atoms in total. The van der Waals surface area contributed by atoms with Crippen LogP contribution in [0, 0.1) is 6.92 Å². The van der Waals surface area contributed by atoms with Gasteiger partial charge in [-0.2, -0.15) is 5.21 Å². The minimum atomic E-state index is -0.140. The first-order valence-electron chi connectivity index (χ1n) is 6.74. The number of tetrazole rings is 1. The third-order valence-corrected chi connectivity index (χ3v) is 3.39. The second-order valence-electron chi connectivity index (χ2n) is 5.15. The van der Waals surface area contributed by atoms with Gasteiger partial charge in [-0.25, -0.2) is 0 Å². The highest BCUT2D eigenvalue weighted by atomic mass is 16.1. The number of aryl methyl sites for hydroxylation is 1. The molecule has 0 saturated carbocycles. The normalized spacial score (nSPS) is 12.5.